The average Bonchev–Trinajstić information content (AvgIpc) is 3.13. The molecule has 0 N–H and O–H groups in total. The maximum atomic E-state index is 13.6. The SMILES string of the molecule is CCOC(=O)C1=C(C)N=c2sc(=Cc3ccccc3OC)c(=O)n2[C@H]1c1ccc(SC)cc1. The van der Waals surface area contributed by atoms with Gasteiger partial charge in [-0.15, -0.1) is 11.8 Å². The van der Waals surface area contributed by atoms with Crippen LogP contribution in [0.4, 0.5) is 0 Å². The molecule has 0 spiro atoms. The van der Waals surface area contributed by atoms with Crippen LogP contribution in [0.25, 0.3) is 6.08 Å². The number of carbonyl (C=O) groups excluding carboxylic acids is 1. The number of fused-ring (bicyclic) bond motifs is 1. The average molecular weight is 481 g/mol. The predicted molar refractivity (Wildman–Crippen MR) is 132 cm³/mol. The molecule has 0 aliphatic carbocycles. The van der Waals surface area contributed by atoms with E-state index < -0.39 is 12.0 Å². The number of allylic oxidation sites excluding steroid dienone is 1. The zero-order valence-corrected chi connectivity index (χ0v) is 20.5. The second-order valence-corrected chi connectivity index (χ2v) is 9.21. The van der Waals surface area contributed by atoms with Crippen molar-refractivity contribution in [1.29, 1.82) is 0 Å². The van der Waals surface area contributed by atoms with E-state index in [9.17, 15) is 9.59 Å². The summed E-state index contributed by atoms with van der Waals surface area (Å²) in [5.41, 5.74) is 2.35. The van der Waals surface area contributed by atoms with Gasteiger partial charge in [0.25, 0.3) is 5.56 Å². The third-order valence-electron chi connectivity index (χ3n) is 5.37. The van der Waals surface area contributed by atoms with Crippen molar-refractivity contribution in [3.8, 4) is 5.75 Å². The Morgan fingerprint density at radius 1 is 1.21 bits per heavy atom. The first kappa shape index (κ1) is 23.1. The van der Waals surface area contributed by atoms with Crippen molar-refractivity contribution in [1.82, 2.24) is 4.57 Å². The van der Waals surface area contributed by atoms with Gasteiger partial charge in [-0.3, -0.25) is 9.36 Å². The molecular formula is C25H24N2O4S2. The van der Waals surface area contributed by atoms with Crippen LogP contribution >= 0.6 is 23.1 Å². The Morgan fingerprint density at radius 2 is 1.94 bits per heavy atom. The molecule has 0 bridgehead atoms. The molecule has 0 amide bonds. The van der Waals surface area contributed by atoms with Crippen LogP contribution in [0.15, 0.2) is 74.5 Å². The van der Waals surface area contributed by atoms with Gasteiger partial charge in [-0.1, -0.05) is 41.7 Å². The summed E-state index contributed by atoms with van der Waals surface area (Å²) in [6.07, 6.45) is 3.81. The van der Waals surface area contributed by atoms with Gasteiger partial charge >= 0.3 is 5.97 Å². The van der Waals surface area contributed by atoms with Crippen LogP contribution in [0.2, 0.25) is 0 Å². The number of thiazole rings is 1. The highest BCUT2D eigenvalue weighted by Gasteiger charge is 2.33. The third kappa shape index (κ3) is 4.41. The Morgan fingerprint density at radius 3 is 2.61 bits per heavy atom. The monoisotopic (exact) mass is 480 g/mol. The normalized spacial score (nSPS) is 15.8. The number of hydrogen-bond acceptors (Lipinski definition) is 7. The highest BCUT2D eigenvalue weighted by Crippen LogP contribution is 2.31. The summed E-state index contributed by atoms with van der Waals surface area (Å²) < 4.78 is 12.9. The third-order valence-corrected chi connectivity index (χ3v) is 7.10. The highest BCUT2D eigenvalue weighted by atomic mass is 32.2. The summed E-state index contributed by atoms with van der Waals surface area (Å²) >= 11 is 2.93. The molecule has 2 aromatic carbocycles. The number of hydrogen-bond donors (Lipinski definition) is 0. The fourth-order valence-corrected chi connectivity index (χ4v) is 5.27. The van der Waals surface area contributed by atoms with Gasteiger partial charge in [0.2, 0.25) is 0 Å². The first-order valence-corrected chi connectivity index (χ1v) is 12.5. The van der Waals surface area contributed by atoms with Crippen LogP contribution in [0.3, 0.4) is 0 Å². The number of benzene rings is 2. The minimum Gasteiger partial charge on any atom is -0.496 e. The number of esters is 1. The topological polar surface area (TPSA) is 69.9 Å². The lowest BCUT2D eigenvalue weighted by Gasteiger charge is -2.24. The molecule has 170 valence electrons. The molecule has 0 radical (unpaired) electrons. The zero-order chi connectivity index (χ0) is 23.5. The smallest absolute Gasteiger partial charge is 0.338 e. The summed E-state index contributed by atoms with van der Waals surface area (Å²) in [5.74, 6) is 0.215. The van der Waals surface area contributed by atoms with Crippen molar-refractivity contribution < 1.29 is 14.3 Å². The predicted octanol–water partition coefficient (Wildman–Crippen LogP) is 3.53. The molecule has 33 heavy (non-hydrogen) atoms. The van der Waals surface area contributed by atoms with Crippen LogP contribution in [-0.4, -0.2) is 30.5 Å². The van der Waals surface area contributed by atoms with Gasteiger partial charge in [0, 0.05) is 10.5 Å². The molecule has 1 aliphatic heterocycles. The fraction of sp³-hybridized carbons (Fsp3) is 0.240. The van der Waals surface area contributed by atoms with E-state index in [4.69, 9.17) is 9.47 Å². The lowest BCUT2D eigenvalue weighted by Crippen LogP contribution is -2.39. The van der Waals surface area contributed by atoms with E-state index in [1.165, 1.54) is 11.3 Å². The van der Waals surface area contributed by atoms with Crippen LogP contribution in [0, 0.1) is 0 Å². The van der Waals surface area contributed by atoms with Gasteiger partial charge in [0.05, 0.1) is 35.6 Å². The minimum atomic E-state index is -0.615. The van der Waals surface area contributed by atoms with Crippen molar-refractivity contribution in [2.75, 3.05) is 20.0 Å². The molecule has 0 unspecified atom stereocenters. The minimum absolute atomic E-state index is 0.210. The van der Waals surface area contributed by atoms with Gasteiger partial charge in [-0.2, -0.15) is 0 Å². The first-order valence-electron chi connectivity index (χ1n) is 10.4. The summed E-state index contributed by atoms with van der Waals surface area (Å²) in [4.78, 5) is 32.8. The van der Waals surface area contributed by atoms with Crippen LogP contribution in [-0.2, 0) is 9.53 Å². The van der Waals surface area contributed by atoms with Crippen LogP contribution in [0.5, 0.6) is 5.75 Å². The van der Waals surface area contributed by atoms with Crippen molar-refractivity contribution in [2.24, 2.45) is 4.99 Å². The Kier molecular flexibility index (Phi) is 6.85. The molecule has 0 saturated heterocycles. The molecule has 8 heteroatoms. The molecule has 0 saturated carbocycles. The second-order valence-electron chi connectivity index (χ2n) is 7.32. The second kappa shape index (κ2) is 9.80. The maximum Gasteiger partial charge on any atom is 0.338 e. The molecule has 1 aromatic heterocycles. The Balaban J connectivity index is 1.95. The number of thioether (sulfide) groups is 1. The van der Waals surface area contributed by atoms with E-state index in [1.54, 1.807) is 43.4 Å². The number of methoxy groups -OCH3 is 1. The fourth-order valence-electron chi connectivity index (χ4n) is 3.82. The molecule has 1 atom stereocenters. The number of nitrogens with zero attached hydrogens (tertiary/aromatic N) is 2. The van der Waals surface area contributed by atoms with Crippen molar-refractivity contribution >= 4 is 35.1 Å². The van der Waals surface area contributed by atoms with Crippen LogP contribution < -0.4 is 19.6 Å². The summed E-state index contributed by atoms with van der Waals surface area (Å²) in [7, 11) is 1.60. The van der Waals surface area contributed by atoms with E-state index in [0.717, 1.165) is 16.0 Å². The summed E-state index contributed by atoms with van der Waals surface area (Å²) in [6, 6.07) is 14.8. The van der Waals surface area contributed by atoms with Gasteiger partial charge < -0.3 is 9.47 Å². The van der Waals surface area contributed by atoms with Crippen molar-refractivity contribution in [2.45, 2.75) is 24.8 Å². The van der Waals surface area contributed by atoms with Crippen molar-refractivity contribution in [3.63, 3.8) is 0 Å². The number of carbonyl (C=O) groups is 1. The van der Waals surface area contributed by atoms with E-state index >= 15 is 0 Å². The summed E-state index contributed by atoms with van der Waals surface area (Å²) in [5, 5.41) is 0. The van der Waals surface area contributed by atoms with E-state index in [1.807, 2.05) is 54.8 Å². The zero-order valence-electron chi connectivity index (χ0n) is 18.8. The van der Waals surface area contributed by atoms with Crippen LogP contribution in [0.1, 0.15) is 31.0 Å². The quantitative estimate of drug-likeness (QED) is 0.399. The molecule has 6 nitrogen and oxygen atoms in total. The highest BCUT2D eigenvalue weighted by molar-refractivity contribution is 7.98. The first-order chi connectivity index (χ1) is 16.0. The number of aromatic nitrogens is 1. The molecular weight excluding hydrogens is 456 g/mol. The largest absolute Gasteiger partial charge is 0.496 e. The van der Waals surface area contributed by atoms with Gasteiger partial charge in [0.1, 0.15) is 5.75 Å². The lowest BCUT2D eigenvalue weighted by molar-refractivity contribution is -0.139. The molecule has 0 fully saturated rings. The van der Waals surface area contributed by atoms with E-state index in [-0.39, 0.29) is 12.2 Å². The Labute approximate surface area is 199 Å². The van der Waals surface area contributed by atoms with Gasteiger partial charge in [-0.25, -0.2) is 9.79 Å². The number of rotatable bonds is 6. The number of ether oxygens (including phenoxy) is 2. The molecule has 3 aromatic rings. The van der Waals surface area contributed by atoms with Gasteiger partial charge in [-0.05, 0) is 49.9 Å². The Bertz CT molecular complexity index is 1400. The summed E-state index contributed by atoms with van der Waals surface area (Å²) in [6.45, 7) is 3.79. The molecule has 4 rings (SSSR count). The lowest BCUT2D eigenvalue weighted by atomic mass is 9.96. The molecule has 1 aliphatic rings. The van der Waals surface area contributed by atoms with Gasteiger partial charge in [0.15, 0.2) is 4.80 Å². The standard InChI is InChI=1S/C25H24N2O4S2/c1-5-31-24(29)21-15(2)26-25-27(22(21)16-10-12-18(32-4)13-11-16)23(28)20(33-25)14-17-8-6-7-9-19(17)30-3/h6-14,22H,5H2,1-4H3/t22-/m0/s1. The number of para-hydroxylation sites is 1. The molecule has 2 heterocycles. The van der Waals surface area contributed by atoms with E-state index in [0.29, 0.717) is 26.4 Å². The Hall–Kier alpha value is -3.10. The maximum absolute atomic E-state index is 13.6. The van der Waals surface area contributed by atoms with Crippen molar-refractivity contribution in [3.05, 3.63) is 90.6 Å². The van der Waals surface area contributed by atoms with E-state index in [2.05, 4.69) is 4.99 Å².